The number of esters is 2. The van der Waals surface area contributed by atoms with Crippen molar-refractivity contribution in [2.45, 2.75) is 41.0 Å². The monoisotopic (exact) mass is 740 g/mol. The predicted octanol–water partition coefficient (Wildman–Crippen LogP) is 6.21. The van der Waals surface area contributed by atoms with E-state index in [0.717, 1.165) is 33.9 Å². The third kappa shape index (κ3) is 9.97. The van der Waals surface area contributed by atoms with Gasteiger partial charge in [0.15, 0.2) is 36.5 Å². The number of ether oxygens (including phenoxy) is 4. The molecule has 0 saturated carbocycles. The van der Waals surface area contributed by atoms with Gasteiger partial charge < -0.3 is 29.6 Å². The fourth-order valence-corrected chi connectivity index (χ4v) is 4.84. The molecule has 18 heteroatoms. The van der Waals surface area contributed by atoms with Crippen LogP contribution in [0.3, 0.4) is 0 Å². The van der Waals surface area contributed by atoms with Gasteiger partial charge >= 0.3 is 11.9 Å². The summed E-state index contributed by atoms with van der Waals surface area (Å²) in [5.41, 5.74) is 6.32. The first kappa shape index (κ1) is 37.1. The molecule has 0 unspecified atom stereocenters. The first-order valence-corrected chi connectivity index (χ1v) is 16.6. The van der Waals surface area contributed by atoms with Gasteiger partial charge in [-0.3, -0.25) is 19.8 Å². The van der Waals surface area contributed by atoms with Crippen LogP contribution >= 0.6 is 23.2 Å². The van der Waals surface area contributed by atoms with Crippen LogP contribution in [0, 0.1) is 19.8 Å². The lowest BCUT2D eigenvalue weighted by molar-refractivity contribution is -0.156. The minimum absolute atomic E-state index is 0.0680. The number of anilines is 2. The Hall–Kier alpha value is -5.16. The number of nitrogens with zero attached hydrogens (tertiary/aromatic N) is 6. The van der Waals surface area contributed by atoms with Gasteiger partial charge in [-0.2, -0.15) is 9.26 Å². The summed E-state index contributed by atoms with van der Waals surface area (Å²) in [7, 11) is 0. The molecule has 0 radical (unpaired) electrons. The summed E-state index contributed by atoms with van der Waals surface area (Å²) in [5.74, 6) is 0.808. The standard InChI is InChI=1S/C18H22ClN5O3.C15H16ClN5O3/c1-11(2)8-15(25)27-10-26-9-20-14-6-4-13(5-7-14)17-21-18-16(19)12(3)22-24(18)23-17;1-9-13(16)15-18-14(20-21(15)19-9)11-3-5-12(6-4-11)17-7-23-8-24-10(2)22/h4-7,11,20,22H,8-10H2,1-3H3;3-6,17,19H,7-8H2,1-2H3. The minimum atomic E-state index is -0.376. The van der Waals surface area contributed by atoms with Crippen molar-refractivity contribution in [3.05, 3.63) is 70.0 Å². The number of rotatable bonds is 14. The number of fused-ring (bicyclic) bond motifs is 2. The lowest BCUT2D eigenvalue weighted by atomic mass is 10.1. The molecule has 0 saturated heterocycles. The largest absolute Gasteiger partial charge is 0.439 e. The van der Waals surface area contributed by atoms with Gasteiger partial charge in [0, 0.05) is 35.8 Å². The molecule has 0 aliphatic heterocycles. The second-order valence-electron chi connectivity index (χ2n) is 11.6. The van der Waals surface area contributed by atoms with E-state index < -0.39 is 0 Å². The lowest BCUT2D eigenvalue weighted by Crippen LogP contribution is -2.13. The number of hydrogen-bond donors (Lipinski definition) is 4. The second kappa shape index (κ2) is 17.2. The van der Waals surface area contributed by atoms with Gasteiger partial charge in [-0.25, -0.2) is 9.97 Å². The molecule has 6 aromatic rings. The van der Waals surface area contributed by atoms with E-state index in [1.165, 1.54) is 6.92 Å². The molecule has 0 fully saturated rings. The van der Waals surface area contributed by atoms with E-state index >= 15 is 0 Å². The molecule has 4 heterocycles. The van der Waals surface area contributed by atoms with E-state index in [1.807, 2.05) is 76.2 Å². The van der Waals surface area contributed by atoms with Crippen molar-refractivity contribution in [1.29, 1.82) is 0 Å². The molecule has 2 aromatic carbocycles. The van der Waals surface area contributed by atoms with Crippen LogP contribution in [0.1, 0.15) is 38.6 Å². The number of benzene rings is 2. The fourth-order valence-electron chi connectivity index (χ4n) is 4.51. The van der Waals surface area contributed by atoms with Crippen LogP contribution in [0.25, 0.3) is 34.1 Å². The maximum absolute atomic E-state index is 11.4. The number of aromatic nitrogens is 8. The number of halogens is 2. The van der Waals surface area contributed by atoms with Crippen molar-refractivity contribution in [3.63, 3.8) is 0 Å². The summed E-state index contributed by atoms with van der Waals surface area (Å²) < 4.78 is 23.1. The summed E-state index contributed by atoms with van der Waals surface area (Å²) >= 11 is 12.3. The summed E-state index contributed by atoms with van der Waals surface area (Å²) in [6.45, 7) is 9.30. The number of carbonyl (C=O) groups excluding carboxylic acids is 2. The normalized spacial score (nSPS) is 11.1. The summed E-state index contributed by atoms with van der Waals surface area (Å²) in [6.07, 6.45) is 0.389. The van der Waals surface area contributed by atoms with E-state index in [-0.39, 0.29) is 44.9 Å². The fraction of sp³-hybridized carbons (Fsp3) is 0.333. The molecule has 4 aromatic heterocycles. The van der Waals surface area contributed by atoms with E-state index in [0.29, 0.717) is 39.4 Å². The Balaban J connectivity index is 0.000000199. The van der Waals surface area contributed by atoms with E-state index in [2.05, 4.69) is 45.7 Å². The minimum Gasteiger partial charge on any atom is -0.439 e. The van der Waals surface area contributed by atoms with Gasteiger partial charge in [-0.15, -0.1) is 10.2 Å². The van der Waals surface area contributed by atoms with Crippen LogP contribution in [-0.2, 0) is 28.5 Å². The SMILES string of the molecule is CC(=O)OCOCNc1ccc(-c2nc3c(Cl)c(C)[nH]n3n2)cc1.Cc1[nH]n2nc(-c3ccc(NCOCOC(=O)CC(C)C)cc3)nc2c1Cl. The van der Waals surface area contributed by atoms with Crippen LogP contribution < -0.4 is 10.6 Å². The summed E-state index contributed by atoms with van der Waals surface area (Å²) in [5, 5.41) is 22.1. The maximum Gasteiger partial charge on any atom is 0.308 e. The Labute approximate surface area is 302 Å². The van der Waals surface area contributed by atoms with E-state index in [4.69, 9.17) is 37.4 Å². The number of aromatic amines is 2. The van der Waals surface area contributed by atoms with Gasteiger partial charge in [0.05, 0.1) is 11.4 Å². The van der Waals surface area contributed by atoms with Crippen molar-refractivity contribution < 1.29 is 28.5 Å². The first-order chi connectivity index (χ1) is 24.5. The van der Waals surface area contributed by atoms with Crippen LogP contribution in [0.2, 0.25) is 10.0 Å². The molecule has 0 amide bonds. The molecule has 0 atom stereocenters. The van der Waals surface area contributed by atoms with E-state index in [1.54, 1.807) is 9.26 Å². The van der Waals surface area contributed by atoms with Gasteiger partial charge in [-0.1, -0.05) is 37.0 Å². The molecule has 51 heavy (non-hydrogen) atoms. The van der Waals surface area contributed by atoms with Gasteiger partial charge in [0.25, 0.3) is 0 Å². The van der Waals surface area contributed by atoms with Crippen molar-refractivity contribution in [1.82, 2.24) is 39.6 Å². The molecule has 6 rings (SSSR count). The molecule has 4 N–H and O–H groups in total. The van der Waals surface area contributed by atoms with Gasteiger partial charge in [0.1, 0.15) is 23.5 Å². The molecule has 0 spiro atoms. The van der Waals surface area contributed by atoms with E-state index in [9.17, 15) is 9.59 Å². The Morgan fingerprint density at radius 1 is 0.745 bits per heavy atom. The van der Waals surface area contributed by atoms with Crippen LogP contribution in [0.5, 0.6) is 0 Å². The third-order valence-electron chi connectivity index (χ3n) is 7.08. The third-order valence-corrected chi connectivity index (χ3v) is 7.98. The first-order valence-electron chi connectivity index (χ1n) is 15.8. The highest BCUT2D eigenvalue weighted by Gasteiger charge is 2.14. The average molecular weight is 742 g/mol. The Kier molecular flexibility index (Phi) is 12.5. The summed E-state index contributed by atoms with van der Waals surface area (Å²) in [4.78, 5) is 30.9. The number of carbonyl (C=O) groups is 2. The zero-order valence-electron chi connectivity index (χ0n) is 28.6. The molecular formula is C33H38Cl2N10O6. The van der Waals surface area contributed by atoms with Crippen molar-refractivity contribution >= 4 is 57.8 Å². The van der Waals surface area contributed by atoms with Crippen LogP contribution in [-0.4, -0.2) is 78.6 Å². The van der Waals surface area contributed by atoms with Crippen molar-refractivity contribution in [2.75, 3.05) is 37.7 Å². The highest BCUT2D eigenvalue weighted by Crippen LogP contribution is 2.25. The number of hydrogen-bond acceptors (Lipinski definition) is 12. The highest BCUT2D eigenvalue weighted by molar-refractivity contribution is 6.34. The van der Waals surface area contributed by atoms with Crippen LogP contribution in [0.15, 0.2) is 48.5 Å². The van der Waals surface area contributed by atoms with Gasteiger partial charge in [-0.05, 0) is 68.3 Å². The number of H-pyrrole nitrogens is 2. The molecule has 0 aliphatic carbocycles. The number of aryl methyl sites for hydroxylation is 2. The molecule has 0 aliphatic rings. The maximum atomic E-state index is 11.4. The quantitative estimate of drug-likeness (QED) is 0.0563. The Morgan fingerprint density at radius 3 is 1.57 bits per heavy atom. The van der Waals surface area contributed by atoms with Gasteiger partial charge in [0.2, 0.25) is 0 Å². The summed E-state index contributed by atoms with van der Waals surface area (Å²) in [6, 6.07) is 15.1. The number of nitrogens with one attached hydrogen (secondary N) is 4. The van der Waals surface area contributed by atoms with Crippen molar-refractivity contribution in [3.8, 4) is 22.8 Å². The molecular weight excluding hydrogens is 703 g/mol. The highest BCUT2D eigenvalue weighted by atomic mass is 35.5. The van der Waals surface area contributed by atoms with Crippen molar-refractivity contribution in [2.24, 2.45) is 5.92 Å². The topological polar surface area (TPSA) is 187 Å². The smallest absolute Gasteiger partial charge is 0.308 e. The Bertz CT molecular complexity index is 2070. The lowest BCUT2D eigenvalue weighted by Gasteiger charge is -2.09. The molecule has 16 nitrogen and oxygen atoms in total. The zero-order chi connectivity index (χ0) is 36.5. The predicted molar refractivity (Wildman–Crippen MR) is 191 cm³/mol. The molecule has 0 bridgehead atoms. The zero-order valence-corrected chi connectivity index (χ0v) is 30.1. The Morgan fingerprint density at radius 2 is 1.18 bits per heavy atom. The average Bonchev–Trinajstić information content (AvgIpc) is 3.84. The van der Waals surface area contributed by atoms with Crippen LogP contribution in [0.4, 0.5) is 11.4 Å². The molecule has 270 valence electrons. The second-order valence-corrected chi connectivity index (χ2v) is 12.4.